The first-order valence-corrected chi connectivity index (χ1v) is 16.0. The average molecular weight is 622 g/mol. The second-order valence-corrected chi connectivity index (χ2v) is 13.5. The molecule has 3 aliphatic rings. The van der Waals surface area contributed by atoms with Gasteiger partial charge in [0.05, 0.1) is 37.4 Å². The first-order chi connectivity index (χ1) is 21.0. The van der Waals surface area contributed by atoms with Crippen molar-refractivity contribution in [2.24, 2.45) is 17.3 Å². The predicted octanol–water partition coefficient (Wildman–Crippen LogP) is 3.18. The van der Waals surface area contributed by atoms with E-state index in [9.17, 15) is 28.4 Å². The van der Waals surface area contributed by atoms with Crippen LogP contribution in [0.15, 0.2) is 12.1 Å². The smallest absolute Gasteiger partial charge is 0.233 e. The van der Waals surface area contributed by atoms with E-state index in [0.29, 0.717) is 49.3 Å². The number of Topliss-reactive ketones (excluding diaryl/α,β-unsaturated/α-hetero) is 1. The molecule has 2 heterocycles. The largest absolute Gasteiger partial charge is 0.379 e. The van der Waals surface area contributed by atoms with E-state index in [1.807, 2.05) is 4.90 Å². The Morgan fingerprint density at radius 1 is 1.02 bits per heavy atom. The monoisotopic (exact) mass is 621 g/mol. The number of carbonyl (C=O) groups is 3. The van der Waals surface area contributed by atoms with Crippen molar-refractivity contribution in [3.05, 3.63) is 29.3 Å². The van der Waals surface area contributed by atoms with E-state index in [1.165, 1.54) is 0 Å². The van der Waals surface area contributed by atoms with Gasteiger partial charge in [-0.05, 0) is 23.8 Å². The van der Waals surface area contributed by atoms with E-state index >= 15 is 0 Å². The van der Waals surface area contributed by atoms with E-state index in [2.05, 4.69) is 15.1 Å². The van der Waals surface area contributed by atoms with Crippen molar-refractivity contribution in [1.29, 1.82) is 0 Å². The summed E-state index contributed by atoms with van der Waals surface area (Å²) in [5.74, 6) is -3.55. The number of halogens is 2. The summed E-state index contributed by atoms with van der Waals surface area (Å²) in [4.78, 5) is 45.6. The van der Waals surface area contributed by atoms with Gasteiger partial charge in [0, 0.05) is 64.0 Å². The molecule has 3 fully saturated rings. The highest BCUT2D eigenvalue weighted by Gasteiger charge is 2.38. The molecule has 1 aromatic rings. The standard InChI is InChI=1S/C32H49F2N5O5/c1-32(2,3)30(35-31(42)24(21-39(43)22-40)18-23-6-4-5-7-23)29(41)25-19-26(33)27(34)20-28(25)38-12-10-36(11-13-38)8-9-37-14-16-44-17-15-37/h19-20,22-24,30,43H,4-18,21H2,1-3H3,(H,35,42)/t24-,30-/m1/s1. The van der Waals surface area contributed by atoms with Crippen molar-refractivity contribution in [3.8, 4) is 0 Å². The highest BCUT2D eigenvalue weighted by atomic mass is 19.2. The quantitative estimate of drug-likeness (QED) is 0.150. The van der Waals surface area contributed by atoms with Crippen molar-refractivity contribution in [2.45, 2.75) is 58.9 Å². The third kappa shape index (κ3) is 9.18. The van der Waals surface area contributed by atoms with Gasteiger partial charge in [0.2, 0.25) is 12.3 Å². The lowest BCUT2D eigenvalue weighted by Crippen LogP contribution is -2.53. The van der Waals surface area contributed by atoms with Crippen molar-refractivity contribution >= 4 is 23.8 Å². The van der Waals surface area contributed by atoms with Crippen LogP contribution in [0, 0.1) is 28.9 Å². The summed E-state index contributed by atoms with van der Waals surface area (Å²) in [5, 5.41) is 13.3. The number of morpholine rings is 1. The minimum atomic E-state index is -1.12. The number of amides is 2. The van der Waals surface area contributed by atoms with Gasteiger partial charge < -0.3 is 15.0 Å². The molecular formula is C32H49F2N5O5. The fourth-order valence-electron chi connectivity index (χ4n) is 6.59. The van der Waals surface area contributed by atoms with Gasteiger partial charge in [0.1, 0.15) is 0 Å². The molecule has 0 unspecified atom stereocenters. The number of rotatable bonds is 13. The molecule has 2 aliphatic heterocycles. The molecule has 0 aromatic heterocycles. The summed E-state index contributed by atoms with van der Waals surface area (Å²) in [6, 6.07) is 0.980. The minimum absolute atomic E-state index is 0.0231. The topological polar surface area (TPSA) is 106 Å². The lowest BCUT2D eigenvalue weighted by Gasteiger charge is -2.39. The fraction of sp³-hybridized carbons (Fsp3) is 0.719. The highest BCUT2D eigenvalue weighted by Crippen LogP contribution is 2.33. The maximum Gasteiger partial charge on any atom is 0.233 e. The Balaban J connectivity index is 1.49. The number of hydroxylamine groups is 2. The van der Waals surface area contributed by atoms with Crippen LogP contribution in [0.3, 0.4) is 0 Å². The Hall–Kier alpha value is -2.67. The van der Waals surface area contributed by atoms with Crippen molar-refractivity contribution < 1.29 is 33.1 Å². The molecule has 246 valence electrons. The Morgan fingerprint density at radius 3 is 2.20 bits per heavy atom. The molecule has 0 bridgehead atoms. The summed E-state index contributed by atoms with van der Waals surface area (Å²) in [6.07, 6.45) is 4.82. The second-order valence-electron chi connectivity index (χ2n) is 13.5. The fourth-order valence-corrected chi connectivity index (χ4v) is 6.59. The summed E-state index contributed by atoms with van der Waals surface area (Å²) >= 11 is 0. The highest BCUT2D eigenvalue weighted by molar-refractivity contribution is 6.06. The van der Waals surface area contributed by atoms with E-state index < -0.39 is 40.7 Å². The Kier molecular flexibility index (Phi) is 12.1. The molecule has 2 N–H and O–H groups in total. The molecule has 2 atom stereocenters. The van der Waals surface area contributed by atoms with Crippen LogP contribution < -0.4 is 10.2 Å². The molecule has 2 amide bonds. The molecule has 10 nitrogen and oxygen atoms in total. The zero-order valence-electron chi connectivity index (χ0n) is 26.4. The van der Waals surface area contributed by atoms with E-state index in [0.717, 1.165) is 77.2 Å². The maximum atomic E-state index is 14.7. The lowest BCUT2D eigenvalue weighted by atomic mass is 9.81. The van der Waals surface area contributed by atoms with Gasteiger partial charge in [-0.25, -0.2) is 13.8 Å². The van der Waals surface area contributed by atoms with Gasteiger partial charge >= 0.3 is 0 Å². The Labute approximate surface area is 259 Å². The van der Waals surface area contributed by atoms with Gasteiger partial charge in [-0.15, -0.1) is 0 Å². The molecule has 0 spiro atoms. The Morgan fingerprint density at radius 2 is 1.61 bits per heavy atom. The second kappa shape index (κ2) is 15.6. The zero-order valence-corrected chi connectivity index (χ0v) is 26.4. The number of anilines is 1. The summed E-state index contributed by atoms with van der Waals surface area (Å²) in [7, 11) is 0. The third-order valence-electron chi connectivity index (χ3n) is 9.26. The predicted molar refractivity (Wildman–Crippen MR) is 163 cm³/mol. The molecule has 44 heavy (non-hydrogen) atoms. The summed E-state index contributed by atoms with van der Waals surface area (Å²) < 4.78 is 34.7. The number of ketones is 1. The summed E-state index contributed by atoms with van der Waals surface area (Å²) in [5.41, 5.74) is -0.431. The van der Waals surface area contributed by atoms with Crippen LogP contribution in [0.4, 0.5) is 14.5 Å². The summed E-state index contributed by atoms with van der Waals surface area (Å²) in [6.45, 7) is 12.9. The van der Waals surface area contributed by atoms with Crippen LogP contribution in [0.25, 0.3) is 0 Å². The number of piperazine rings is 1. The van der Waals surface area contributed by atoms with E-state index in [4.69, 9.17) is 4.74 Å². The van der Waals surface area contributed by atoms with Crippen LogP contribution in [0.1, 0.15) is 63.2 Å². The zero-order chi connectivity index (χ0) is 31.9. The van der Waals surface area contributed by atoms with Crippen LogP contribution in [-0.4, -0.2) is 116 Å². The first-order valence-electron chi connectivity index (χ1n) is 16.0. The average Bonchev–Trinajstić information content (AvgIpc) is 3.52. The van der Waals surface area contributed by atoms with Gasteiger partial charge in [-0.1, -0.05) is 46.5 Å². The van der Waals surface area contributed by atoms with Crippen LogP contribution >= 0.6 is 0 Å². The number of hydrogen-bond donors (Lipinski definition) is 2. The number of nitrogens with zero attached hydrogens (tertiary/aromatic N) is 4. The van der Waals surface area contributed by atoms with Gasteiger partial charge in [-0.2, -0.15) is 0 Å². The van der Waals surface area contributed by atoms with Crippen LogP contribution in [0.5, 0.6) is 0 Å². The van der Waals surface area contributed by atoms with Crippen molar-refractivity contribution in [3.63, 3.8) is 0 Å². The van der Waals surface area contributed by atoms with Crippen LogP contribution in [-0.2, 0) is 14.3 Å². The van der Waals surface area contributed by atoms with Gasteiger partial charge in [-0.3, -0.25) is 29.4 Å². The minimum Gasteiger partial charge on any atom is -0.379 e. The van der Waals surface area contributed by atoms with Crippen LogP contribution in [0.2, 0.25) is 0 Å². The van der Waals surface area contributed by atoms with Gasteiger partial charge in [0.25, 0.3) is 0 Å². The van der Waals surface area contributed by atoms with Crippen molar-refractivity contribution in [1.82, 2.24) is 20.2 Å². The molecule has 2 saturated heterocycles. The SMILES string of the molecule is CC(C)(C)[C@H](NC(=O)[C@H](CC1CCCC1)CN(O)C=O)C(=O)c1cc(F)c(F)cc1N1CCN(CCN2CCOCC2)CC1. The normalized spacial score (nSPS) is 20.4. The van der Waals surface area contributed by atoms with Crippen molar-refractivity contribution in [2.75, 3.05) is 77.0 Å². The molecule has 4 rings (SSSR count). The molecule has 1 aliphatic carbocycles. The Bertz CT molecular complexity index is 1130. The molecule has 1 aromatic carbocycles. The van der Waals surface area contributed by atoms with Gasteiger partial charge in [0.15, 0.2) is 17.4 Å². The molecule has 0 radical (unpaired) electrons. The molecule has 12 heteroatoms. The number of ether oxygens (including phenoxy) is 1. The third-order valence-corrected chi connectivity index (χ3v) is 9.26. The molecular weight excluding hydrogens is 572 g/mol. The number of carbonyl (C=O) groups excluding carboxylic acids is 3. The number of nitrogens with one attached hydrogen (secondary N) is 1. The molecule has 1 saturated carbocycles. The first kappa shape index (κ1) is 34.2. The number of benzene rings is 1. The number of hydrogen-bond acceptors (Lipinski definition) is 8. The lowest BCUT2D eigenvalue weighted by molar-refractivity contribution is -0.155. The van der Waals surface area contributed by atoms with E-state index in [1.54, 1.807) is 20.8 Å². The van der Waals surface area contributed by atoms with E-state index in [-0.39, 0.29) is 18.5 Å². The maximum absolute atomic E-state index is 14.7.